The van der Waals surface area contributed by atoms with Gasteiger partial charge in [0.15, 0.2) is 0 Å². The summed E-state index contributed by atoms with van der Waals surface area (Å²) in [5.74, 6) is -0.410. The molecule has 2 rings (SSSR count). The Labute approximate surface area is 114 Å². The molecule has 1 unspecified atom stereocenters. The molecule has 1 aliphatic carbocycles. The van der Waals surface area contributed by atoms with Gasteiger partial charge in [0.25, 0.3) is 0 Å². The molecule has 0 aromatic heterocycles. The number of halogens is 3. The number of anilines is 1. The number of alkyl halides is 3. The van der Waals surface area contributed by atoms with Gasteiger partial charge in [-0.15, -0.1) is 0 Å². The number of allylic oxidation sites excluding steroid dienone is 1. The van der Waals surface area contributed by atoms with Crippen molar-refractivity contribution in [3.63, 3.8) is 0 Å². The van der Waals surface area contributed by atoms with Crippen LogP contribution in [0.15, 0.2) is 35.9 Å². The van der Waals surface area contributed by atoms with Crippen molar-refractivity contribution in [1.82, 2.24) is 0 Å². The zero-order valence-corrected chi connectivity index (χ0v) is 10.8. The number of nitrogens with one attached hydrogen (secondary N) is 1. The summed E-state index contributed by atoms with van der Waals surface area (Å²) < 4.78 is 42.0. The number of carbonyl (C=O) groups is 1. The maximum atomic E-state index is 12.4. The Morgan fingerprint density at radius 3 is 2.50 bits per heavy atom. The molecule has 3 nitrogen and oxygen atoms in total. The summed E-state index contributed by atoms with van der Waals surface area (Å²) in [5.41, 5.74) is 0.366. The van der Waals surface area contributed by atoms with Gasteiger partial charge < -0.3 is 10.1 Å². The predicted octanol–water partition coefficient (Wildman–Crippen LogP) is 3.38. The van der Waals surface area contributed by atoms with E-state index in [0.29, 0.717) is 17.7 Å². The van der Waals surface area contributed by atoms with Gasteiger partial charge in [-0.05, 0) is 37.1 Å². The number of hydrogen-bond donors (Lipinski definition) is 1. The van der Waals surface area contributed by atoms with Crippen LogP contribution in [0, 0.1) is 0 Å². The highest BCUT2D eigenvalue weighted by molar-refractivity contribution is 5.91. The maximum absolute atomic E-state index is 12.4. The van der Waals surface area contributed by atoms with Gasteiger partial charge in [-0.1, -0.05) is 6.08 Å². The average Bonchev–Trinajstić information content (AvgIpc) is 2.85. The fourth-order valence-corrected chi connectivity index (χ4v) is 2.15. The number of ether oxygens (including phenoxy) is 1. The first-order valence-electron chi connectivity index (χ1n) is 6.14. The highest BCUT2D eigenvalue weighted by atomic mass is 19.4. The molecular formula is C14H14F3NO2. The standard InChI is InChI=1S/C14H14F3NO2/c1-20-13(19)11-3-2-4-12(11)18-10-7-5-9(6-8-10)14(15,16)17/h3,5-8,12,18H,2,4H2,1H3. The zero-order chi connectivity index (χ0) is 14.8. The molecule has 0 spiro atoms. The van der Waals surface area contributed by atoms with Crippen LogP contribution < -0.4 is 5.32 Å². The molecule has 20 heavy (non-hydrogen) atoms. The number of carbonyl (C=O) groups excluding carboxylic acids is 1. The number of methoxy groups -OCH3 is 1. The molecule has 1 N–H and O–H groups in total. The molecule has 108 valence electrons. The van der Waals surface area contributed by atoms with E-state index >= 15 is 0 Å². The van der Waals surface area contributed by atoms with Gasteiger partial charge in [-0.3, -0.25) is 0 Å². The Kier molecular flexibility index (Phi) is 4.01. The second kappa shape index (κ2) is 5.56. The maximum Gasteiger partial charge on any atom is 0.416 e. The lowest BCUT2D eigenvalue weighted by Crippen LogP contribution is -2.24. The van der Waals surface area contributed by atoms with Crippen LogP contribution in [0.3, 0.4) is 0 Å². The average molecular weight is 285 g/mol. The summed E-state index contributed by atoms with van der Waals surface area (Å²) in [6.07, 6.45) is -1.11. The van der Waals surface area contributed by atoms with E-state index in [2.05, 4.69) is 10.1 Å². The van der Waals surface area contributed by atoms with E-state index in [1.165, 1.54) is 19.2 Å². The van der Waals surface area contributed by atoms with Gasteiger partial charge in [0.1, 0.15) is 0 Å². The topological polar surface area (TPSA) is 38.3 Å². The van der Waals surface area contributed by atoms with Crippen LogP contribution in [-0.4, -0.2) is 19.1 Å². The van der Waals surface area contributed by atoms with Gasteiger partial charge in [0.05, 0.1) is 24.3 Å². The van der Waals surface area contributed by atoms with Gasteiger partial charge in [-0.25, -0.2) is 4.79 Å². The minimum atomic E-state index is -4.34. The lowest BCUT2D eigenvalue weighted by atomic mass is 10.1. The SMILES string of the molecule is COC(=O)C1=CCCC1Nc1ccc(C(F)(F)F)cc1. The molecular weight excluding hydrogens is 271 g/mol. The largest absolute Gasteiger partial charge is 0.466 e. The molecule has 1 aromatic rings. The second-order valence-electron chi connectivity index (χ2n) is 4.50. The van der Waals surface area contributed by atoms with Gasteiger partial charge in [0.2, 0.25) is 0 Å². The summed E-state index contributed by atoms with van der Waals surface area (Å²) in [5, 5.41) is 3.05. The van der Waals surface area contributed by atoms with E-state index in [1.54, 1.807) is 6.08 Å². The molecule has 0 saturated heterocycles. The molecule has 1 aromatic carbocycles. The normalized spacial score (nSPS) is 18.6. The lowest BCUT2D eigenvalue weighted by molar-refractivity contribution is -0.138. The number of hydrogen-bond acceptors (Lipinski definition) is 3. The molecule has 0 radical (unpaired) electrons. The van der Waals surface area contributed by atoms with Crippen molar-refractivity contribution < 1.29 is 22.7 Å². The first-order valence-corrected chi connectivity index (χ1v) is 6.14. The Balaban J connectivity index is 2.07. The first kappa shape index (κ1) is 14.4. The van der Waals surface area contributed by atoms with Crippen LogP contribution in [-0.2, 0) is 15.7 Å². The smallest absolute Gasteiger partial charge is 0.416 e. The molecule has 0 amide bonds. The molecule has 0 heterocycles. The number of rotatable bonds is 3. The highest BCUT2D eigenvalue weighted by Gasteiger charge is 2.30. The van der Waals surface area contributed by atoms with Crippen LogP contribution in [0.4, 0.5) is 18.9 Å². The summed E-state index contributed by atoms with van der Waals surface area (Å²) in [4.78, 5) is 11.5. The van der Waals surface area contributed by atoms with Crippen molar-refractivity contribution >= 4 is 11.7 Å². The Bertz CT molecular complexity index is 520. The fraction of sp³-hybridized carbons (Fsp3) is 0.357. The Morgan fingerprint density at radius 2 is 1.95 bits per heavy atom. The third kappa shape index (κ3) is 3.12. The predicted molar refractivity (Wildman–Crippen MR) is 68.2 cm³/mol. The molecule has 6 heteroatoms. The van der Waals surface area contributed by atoms with Crippen LogP contribution in [0.5, 0.6) is 0 Å². The molecule has 0 saturated carbocycles. The van der Waals surface area contributed by atoms with E-state index in [4.69, 9.17) is 0 Å². The van der Waals surface area contributed by atoms with Crippen LogP contribution >= 0.6 is 0 Å². The highest BCUT2D eigenvalue weighted by Crippen LogP contribution is 2.30. The van der Waals surface area contributed by atoms with E-state index in [9.17, 15) is 18.0 Å². The first-order chi connectivity index (χ1) is 9.41. The van der Waals surface area contributed by atoms with Gasteiger partial charge in [0, 0.05) is 5.69 Å². The minimum absolute atomic E-state index is 0.223. The summed E-state index contributed by atoms with van der Waals surface area (Å²) in [6.45, 7) is 0. The van der Waals surface area contributed by atoms with Crippen LogP contribution in [0.1, 0.15) is 18.4 Å². The fourth-order valence-electron chi connectivity index (χ4n) is 2.15. The van der Waals surface area contributed by atoms with Crippen molar-refractivity contribution in [3.8, 4) is 0 Å². The summed E-state index contributed by atoms with van der Waals surface area (Å²) in [6, 6.07) is 4.52. The molecule has 0 aliphatic heterocycles. The van der Waals surface area contributed by atoms with Crippen molar-refractivity contribution in [1.29, 1.82) is 0 Å². The molecule has 0 bridgehead atoms. The van der Waals surface area contributed by atoms with Crippen LogP contribution in [0.2, 0.25) is 0 Å². The van der Waals surface area contributed by atoms with E-state index in [0.717, 1.165) is 18.6 Å². The third-order valence-corrected chi connectivity index (χ3v) is 3.17. The minimum Gasteiger partial charge on any atom is -0.466 e. The van der Waals surface area contributed by atoms with Crippen molar-refractivity contribution in [2.75, 3.05) is 12.4 Å². The van der Waals surface area contributed by atoms with Crippen molar-refractivity contribution in [2.24, 2.45) is 0 Å². The summed E-state index contributed by atoms with van der Waals surface area (Å²) in [7, 11) is 1.30. The van der Waals surface area contributed by atoms with Crippen molar-refractivity contribution in [2.45, 2.75) is 25.1 Å². The Morgan fingerprint density at radius 1 is 1.30 bits per heavy atom. The van der Waals surface area contributed by atoms with Gasteiger partial charge in [-0.2, -0.15) is 13.2 Å². The third-order valence-electron chi connectivity index (χ3n) is 3.17. The Hall–Kier alpha value is -1.98. The number of benzene rings is 1. The van der Waals surface area contributed by atoms with Gasteiger partial charge >= 0.3 is 12.1 Å². The van der Waals surface area contributed by atoms with Crippen molar-refractivity contribution in [3.05, 3.63) is 41.5 Å². The quantitative estimate of drug-likeness (QED) is 0.865. The molecule has 0 fully saturated rings. The zero-order valence-electron chi connectivity index (χ0n) is 10.8. The van der Waals surface area contributed by atoms with Crippen LogP contribution in [0.25, 0.3) is 0 Å². The summed E-state index contributed by atoms with van der Waals surface area (Å²) >= 11 is 0. The van der Waals surface area contributed by atoms with E-state index in [1.807, 2.05) is 0 Å². The lowest BCUT2D eigenvalue weighted by Gasteiger charge is -2.17. The molecule has 1 atom stereocenters. The number of esters is 1. The molecule has 1 aliphatic rings. The van der Waals surface area contributed by atoms with E-state index in [-0.39, 0.29) is 6.04 Å². The second-order valence-corrected chi connectivity index (χ2v) is 4.50. The van der Waals surface area contributed by atoms with E-state index < -0.39 is 17.7 Å². The monoisotopic (exact) mass is 285 g/mol.